The molecule has 1 saturated heterocycles. The van der Waals surface area contributed by atoms with Crippen molar-refractivity contribution in [2.75, 3.05) is 32.7 Å². The number of H-pyrrole nitrogens is 1. The number of carbonyl (C=O) groups excluding carboxylic acids is 1. The van der Waals surface area contributed by atoms with E-state index in [0.717, 1.165) is 67.5 Å². The van der Waals surface area contributed by atoms with Gasteiger partial charge in [0, 0.05) is 57.6 Å². The molecule has 170 valence electrons. The van der Waals surface area contributed by atoms with Gasteiger partial charge < -0.3 is 10.2 Å². The minimum atomic E-state index is -0.166. The van der Waals surface area contributed by atoms with Crippen molar-refractivity contribution in [3.63, 3.8) is 0 Å². The number of likely N-dealkylation sites (N-methyl/N-ethyl adjacent to an activating group) is 1. The minimum absolute atomic E-state index is 0.166. The molecule has 0 radical (unpaired) electrons. The molecular formula is C24H33N7O. The van der Waals surface area contributed by atoms with Crippen LogP contribution in [0.2, 0.25) is 0 Å². The Morgan fingerprint density at radius 1 is 1.06 bits per heavy atom. The SMILES string of the molecule is CCN1CCN(Cc2ccc(CNC(=O)c3cc(-c4c(C)nn(C)c4C)n[nH]3)cc2)CC1. The summed E-state index contributed by atoms with van der Waals surface area (Å²) in [5, 5.41) is 14.6. The smallest absolute Gasteiger partial charge is 0.269 e. The topological polar surface area (TPSA) is 82.1 Å². The molecule has 2 aromatic heterocycles. The third-order valence-electron chi connectivity index (χ3n) is 6.38. The predicted molar refractivity (Wildman–Crippen MR) is 125 cm³/mol. The predicted octanol–water partition coefficient (Wildman–Crippen LogP) is 2.49. The van der Waals surface area contributed by atoms with Crippen molar-refractivity contribution in [3.05, 3.63) is 58.5 Å². The first-order chi connectivity index (χ1) is 15.4. The third kappa shape index (κ3) is 4.92. The molecule has 1 aromatic carbocycles. The molecule has 2 N–H and O–H groups in total. The van der Waals surface area contributed by atoms with Crippen LogP contribution in [0.15, 0.2) is 30.3 Å². The van der Waals surface area contributed by atoms with Gasteiger partial charge in [0.2, 0.25) is 0 Å². The van der Waals surface area contributed by atoms with Crippen molar-refractivity contribution in [2.24, 2.45) is 7.05 Å². The fraction of sp³-hybridized carbons (Fsp3) is 0.458. The van der Waals surface area contributed by atoms with E-state index in [1.165, 1.54) is 5.56 Å². The van der Waals surface area contributed by atoms with Crippen LogP contribution in [0.25, 0.3) is 11.3 Å². The Hall–Kier alpha value is -2.97. The van der Waals surface area contributed by atoms with Gasteiger partial charge in [-0.15, -0.1) is 0 Å². The molecule has 32 heavy (non-hydrogen) atoms. The number of piperazine rings is 1. The van der Waals surface area contributed by atoms with Crippen LogP contribution < -0.4 is 5.32 Å². The van der Waals surface area contributed by atoms with Crippen LogP contribution in [0, 0.1) is 13.8 Å². The monoisotopic (exact) mass is 435 g/mol. The van der Waals surface area contributed by atoms with Crippen LogP contribution in [-0.4, -0.2) is 68.4 Å². The molecular weight excluding hydrogens is 402 g/mol. The summed E-state index contributed by atoms with van der Waals surface area (Å²) in [6, 6.07) is 10.3. The summed E-state index contributed by atoms with van der Waals surface area (Å²) in [6.07, 6.45) is 0. The van der Waals surface area contributed by atoms with Gasteiger partial charge in [-0.05, 0) is 37.6 Å². The number of hydrogen-bond donors (Lipinski definition) is 2. The maximum atomic E-state index is 12.6. The molecule has 0 spiro atoms. The zero-order chi connectivity index (χ0) is 22.7. The van der Waals surface area contributed by atoms with E-state index in [0.29, 0.717) is 12.2 Å². The molecule has 0 saturated carbocycles. The molecule has 0 aliphatic carbocycles. The Balaban J connectivity index is 1.30. The molecule has 0 unspecified atom stereocenters. The summed E-state index contributed by atoms with van der Waals surface area (Å²) in [5.74, 6) is -0.166. The third-order valence-corrected chi connectivity index (χ3v) is 6.38. The summed E-state index contributed by atoms with van der Waals surface area (Å²) in [5.41, 5.74) is 6.47. The lowest BCUT2D eigenvalue weighted by molar-refractivity contribution is 0.0946. The molecule has 8 heteroatoms. The van der Waals surface area contributed by atoms with Gasteiger partial charge >= 0.3 is 0 Å². The molecule has 1 amide bonds. The molecule has 1 aliphatic rings. The number of rotatable bonds is 7. The summed E-state index contributed by atoms with van der Waals surface area (Å²) in [7, 11) is 1.91. The lowest BCUT2D eigenvalue weighted by Crippen LogP contribution is -2.45. The highest BCUT2D eigenvalue weighted by Gasteiger charge is 2.18. The highest BCUT2D eigenvalue weighted by atomic mass is 16.1. The van der Waals surface area contributed by atoms with Gasteiger partial charge in [0.05, 0.1) is 11.4 Å². The van der Waals surface area contributed by atoms with Crippen LogP contribution in [-0.2, 0) is 20.1 Å². The first kappa shape index (κ1) is 22.2. The molecule has 0 bridgehead atoms. The van der Waals surface area contributed by atoms with Gasteiger partial charge in [-0.3, -0.25) is 19.5 Å². The second-order valence-electron chi connectivity index (χ2n) is 8.55. The fourth-order valence-electron chi connectivity index (χ4n) is 4.27. The first-order valence-electron chi connectivity index (χ1n) is 11.3. The van der Waals surface area contributed by atoms with Crippen molar-refractivity contribution in [2.45, 2.75) is 33.9 Å². The summed E-state index contributed by atoms with van der Waals surface area (Å²) in [6.45, 7) is 13.3. The molecule has 8 nitrogen and oxygen atoms in total. The fourth-order valence-corrected chi connectivity index (χ4v) is 4.27. The first-order valence-corrected chi connectivity index (χ1v) is 11.3. The molecule has 0 atom stereocenters. The van der Waals surface area contributed by atoms with Gasteiger partial charge in [-0.1, -0.05) is 31.2 Å². The number of aryl methyl sites for hydroxylation is 2. The highest BCUT2D eigenvalue weighted by molar-refractivity contribution is 5.93. The highest BCUT2D eigenvalue weighted by Crippen LogP contribution is 2.25. The normalized spacial score (nSPS) is 15.2. The van der Waals surface area contributed by atoms with Crippen molar-refractivity contribution in [3.8, 4) is 11.3 Å². The van der Waals surface area contributed by atoms with Crippen molar-refractivity contribution < 1.29 is 4.79 Å². The van der Waals surface area contributed by atoms with Gasteiger partial charge in [0.25, 0.3) is 5.91 Å². The standard InChI is InChI=1S/C24H33N7O/c1-5-30-10-12-31(13-11-30)16-20-8-6-19(7-9-20)15-25-24(32)22-14-21(26-27-22)23-17(2)28-29(4)18(23)3/h6-9,14H,5,10-13,15-16H2,1-4H3,(H,25,32)(H,26,27). The zero-order valence-corrected chi connectivity index (χ0v) is 19.5. The Kier molecular flexibility index (Phi) is 6.72. The van der Waals surface area contributed by atoms with E-state index >= 15 is 0 Å². The van der Waals surface area contributed by atoms with E-state index < -0.39 is 0 Å². The lowest BCUT2D eigenvalue weighted by Gasteiger charge is -2.34. The maximum Gasteiger partial charge on any atom is 0.269 e. The zero-order valence-electron chi connectivity index (χ0n) is 19.5. The van der Waals surface area contributed by atoms with E-state index in [1.54, 1.807) is 6.07 Å². The van der Waals surface area contributed by atoms with Crippen LogP contribution in [0.4, 0.5) is 0 Å². The second kappa shape index (κ2) is 9.67. The lowest BCUT2D eigenvalue weighted by atomic mass is 10.1. The van der Waals surface area contributed by atoms with E-state index in [1.807, 2.05) is 25.6 Å². The largest absolute Gasteiger partial charge is 0.347 e. The average molecular weight is 436 g/mol. The molecule has 3 aromatic rings. The Morgan fingerprint density at radius 2 is 1.72 bits per heavy atom. The molecule has 4 rings (SSSR count). The maximum absolute atomic E-state index is 12.6. The number of carbonyl (C=O) groups is 1. The Bertz CT molecular complexity index is 1060. The second-order valence-corrected chi connectivity index (χ2v) is 8.55. The quantitative estimate of drug-likeness (QED) is 0.596. The summed E-state index contributed by atoms with van der Waals surface area (Å²) < 4.78 is 1.83. The van der Waals surface area contributed by atoms with E-state index in [-0.39, 0.29) is 5.91 Å². The number of aromatic nitrogens is 4. The molecule has 1 fully saturated rings. The Labute approximate surface area is 189 Å². The van der Waals surface area contributed by atoms with Crippen molar-refractivity contribution in [1.29, 1.82) is 0 Å². The van der Waals surface area contributed by atoms with E-state index in [4.69, 9.17) is 0 Å². The molecule has 1 aliphatic heterocycles. The number of nitrogens with one attached hydrogen (secondary N) is 2. The summed E-state index contributed by atoms with van der Waals surface area (Å²) >= 11 is 0. The van der Waals surface area contributed by atoms with Gasteiger partial charge in [-0.2, -0.15) is 10.2 Å². The number of aromatic amines is 1. The summed E-state index contributed by atoms with van der Waals surface area (Å²) in [4.78, 5) is 17.6. The van der Waals surface area contributed by atoms with Crippen LogP contribution in [0.1, 0.15) is 39.9 Å². The Morgan fingerprint density at radius 3 is 2.34 bits per heavy atom. The van der Waals surface area contributed by atoms with Gasteiger partial charge in [0.1, 0.15) is 5.69 Å². The number of hydrogen-bond acceptors (Lipinski definition) is 5. The van der Waals surface area contributed by atoms with Gasteiger partial charge in [0.15, 0.2) is 0 Å². The van der Waals surface area contributed by atoms with Crippen molar-refractivity contribution in [1.82, 2.24) is 35.1 Å². The van der Waals surface area contributed by atoms with Gasteiger partial charge in [-0.25, -0.2) is 0 Å². The number of benzene rings is 1. The van der Waals surface area contributed by atoms with Crippen LogP contribution in [0.5, 0.6) is 0 Å². The average Bonchev–Trinajstić information content (AvgIpc) is 3.37. The number of nitrogens with zero attached hydrogens (tertiary/aromatic N) is 5. The van der Waals surface area contributed by atoms with E-state index in [9.17, 15) is 4.79 Å². The van der Waals surface area contributed by atoms with Crippen molar-refractivity contribution >= 4 is 5.91 Å². The van der Waals surface area contributed by atoms with Crippen LogP contribution >= 0.6 is 0 Å². The minimum Gasteiger partial charge on any atom is -0.347 e. The molecule has 3 heterocycles. The van der Waals surface area contributed by atoms with Crippen LogP contribution in [0.3, 0.4) is 0 Å². The number of amides is 1. The van der Waals surface area contributed by atoms with E-state index in [2.05, 4.69) is 61.6 Å².